The number of carbonyl (C=O) groups is 1. The minimum Gasteiger partial charge on any atom is -0.349 e. The van der Waals surface area contributed by atoms with Crippen LogP contribution < -0.4 is 5.32 Å². The predicted octanol–water partition coefficient (Wildman–Crippen LogP) is 4.31. The quantitative estimate of drug-likeness (QED) is 0.863. The highest BCUT2D eigenvalue weighted by atomic mass is 79.9. The van der Waals surface area contributed by atoms with Crippen molar-refractivity contribution in [2.75, 3.05) is 0 Å². The zero-order valence-electron chi connectivity index (χ0n) is 11.9. The van der Waals surface area contributed by atoms with Crippen LogP contribution in [0.25, 0.3) is 0 Å². The highest BCUT2D eigenvalue weighted by Gasteiger charge is 2.26. The highest BCUT2D eigenvalue weighted by Crippen LogP contribution is 2.29. The maximum absolute atomic E-state index is 12.3. The fourth-order valence-electron chi connectivity index (χ4n) is 2.76. The number of benzene rings is 1. The molecular formula is C16H22BrNO. The Labute approximate surface area is 124 Å². The van der Waals surface area contributed by atoms with Crippen molar-refractivity contribution in [2.24, 2.45) is 11.8 Å². The molecule has 1 aromatic carbocycles. The Morgan fingerprint density at radius 3 is 2.68 bits per heavy atom. The number of aryl methyl sites for hydroxylation is 1. The van der Waals surface area contributed by atoms with Crippen LogP contribution >= 0.6 is 15.9 Å². The van der Waals surface area contributed by atoms with Crippen molar-refractivity contribution in [1.29, 1.82) is 0 Å². The van der Waals surface area contributed by atoms with Gasteiger partial charge in [0.25, 0.3) is 5.91 Å². The van der Waals surface area contributed by atoms with Gasteiger partial charge < -0.3 is 5.32 Å². The molecule has 0 spiro atoms. The van der Waals surface area contributed by atoms with Crippen molar-refractivity contribution in [3.8, 4) is 0 Å². The zero-order chi connectivity index (χ0) is 14.0. The van der Waals surface area contributed by atoms with Crippen molar-refractivity contribution in [3.63, 3.8) is 0 Å². The van der Waals surface area contributed by atoms with Gasteiger partial charge in [0.2, 0.25) is 0 Å². The molecular weight excluding hydrogens is 302 g/mol. The van der Waals surface area contributed by atoms with Gasteiger partial charge in [-0.1, -0.05) is 26.0 Å². The monoisotopic (exact) mass is 323 g/mol. The number of carbonyl (C=O) groups excluding carboxylic acids is 1. The zero-order valence-corrected chi connectivity index (χ0v) is 13.5. The normalized spacial score (nSPS) is 27.1. The summed E-state index contributed by atoms with van der Waals surface area (Å²) in [4.78, 5) is 12.3. The van der Waals surface area contributed by atoms with Crippen LogP contribution in [-0.2, 0) is 0 Å². The Balaban J connectivity index is 2.03. The maximum atomic E-state index is 12.3. The summed E-state index contributed by atoms with van der Waals surface area (Å²) < 4.78 is 0.907. The van der Waals surface area contributed by atoms with E-state index in [0.29, 0.717) is 12.0 Å². The SMILES string of the molecule is Cc1cccc(C(=O)NC2CCC(C)C(C)C2)c1Br. The molecule has 1 saturated carbocycles. The molecule has 104 valence electrons. The van der Waals surface area contributed by atoms with Gasteiger partial charge in [0.1, 0.15) is 0 Å². The number of halogens is 1. The summed E-state index contributed by atoms with van der Waals surface area (Å²) in [5.41, 5.74) is 1.84. The molecule has 0 saturated heterocycles. The van der Waals surface area contributed by atoms with Gasteiger partial charge in [-0.15, -0.1) is 0 Å². The van der Waals surface area contributed by atoms with Crippen molar-refractivity contribution in [2.45, 2.75) is 46.1 Å². The van der Waals surface area contributed by atoms with Crippen molar-refractivity contribution < 1.29 is 4.79 Å². The number of hydrogen-bond donors (Lipinski definition) is 1. The van der Waals surface area contributed by atoms with E-state index in [4.69, 9.17) is 0 Å². The smallest absolute Gasteiger partial charge is 0.252 e. The van der Waals surface area contributed by atoms with Crippen LogP contribution in [0.4, 0.5) is 0 Å². The lowest BCUT2D eigenvalue weighted by molar-refractivity contribution is 0.0909. The van der Waals surface area contributed by atoms with Gasteiger partial charge in [-0.2, -0.15) is 0 Å². The first-order chi connectivity index (χ1) is 8.99. The third-order valence-electron chi connectivity index (χ3n) is 4.37. The number of rotatable bonds is 2. The lowest BCUT2D eigenvalue weighted by Crippen LogP contribution is -2.40. The molecule has 19 heavy (non-hydrogen) atoms. The van der Waals surface area contributed by atoms with Gasteiger partial charge in [-0.3, -0.25) is 4.79 Å². The first-order valence-corrected chi connectivity index (χ1v) is 7.84. The summed E-state index contributed by atoms with van der Waals surface area (Å²) in [6.07, 6.45) is 3.40. The van der Waals surface area contributed by atoms with Crippen molar-refractivity contribution in [3.05, 3.63) is 33.8 Å². The average Bonchev–Trinajstić information content (AvgIpc) is 2.37. The standard InChI is InChI=1S/C16H22BrNO/c1-10-7-8-13(9-12(10)3)18-16(19)14-6-4-5-11(2)15(14)17/h4-6,10,12-13H,7-9H2,1-3H3,(H,18,19). The molecule has 1 aromatic rings. The fourth-order valence-corrected chi connectivity index (χ4v) is 3.21. The lowest BCUT2D eigenvalue weighted by atomic mass is 9.79. The Hall–Kier alpha value is -0.830. The summed E-state index contributed by atoms with van der Waals surface area (Å²) in [7, 11) is 0. The van der Waals surface area contributed by atoms with E-state index in [1.807, 2.05) is 25.1 Å². The van der Waals surface area contributed by atoms with Crippen LogP contribution in [0.1, 0.15) is 49.0 Å². The third kappa shape index (κ3) is 3.38. The van der Waals surface area contributed by atoms with Crippen LogP contribution in [0, 0.1) is 18.8 Å². The van der Waals surface area contributed by atoms with E-state index in [9.17, 15) is 4.79 Å². The van der Waals surface area contributed by atoms with Crippen LogP contribution in [0.2, 0.25) is 0 Å². The minimum atomic E-state index is 0.0438. The van der Waals surface area contributed by atoms with Gasteiger partial charge in [0.15, 0.2) is 0 Å². The molecule has 0 radical (unpaired) electrons. The maximum Gasteiger partial charge on any atom is 0.252 e. The number of nitrogens with one attached hydrogen (secondary N) is 1. The van der Waals surface area contributed by atoms with Gasteiger partial charge >= 0.3 is 0 Å². The lowest BCUT2D eigenvalue weighted by Gasteiger charge is -2.32. The van der Waals surface area contributed by atoms with E-state index in [0.717, 1.165) is 34.4 Å². The molecule has 3 heteroatoms. The summed E-state index contributed by atoms with van der Waals surface area (Å²) in [5, 5.41) is 3.19. The second-order valence-corrected chi connectivity index (χ2v) is 6.67. The molecule has 0 bridgehead atoms. The van der Waals surface area contributed by atoms with Crippen LogP contribution in [0.15, 0.2) is 22.7 Å². The Bertz CT molecular complexity index is 472. The molecule has 0 aromatic heterocycles. The average molecular weight is 324 g/mol. The second kappa shape index (κ2) is 6.08. The molecule has 3 atom stereocenters. The third-order valence-corrected chi connectivity index (χ3v) is 5.42. The first kappa shape index (κ1) is 14.6. The summed E-state index contributed by atoms with van der Waals surface area (Å²) in [6.45, 7) is 6.59. The van der Waals surface area contributed by atoms with E-state index >= 15 is 0 Å². The van der Waals surface area contributed by atoms with Crippen LogP contribution in [0.3, 0.4) is 0 Å². The van der Waals surface area contributed by atoms with Crippen molar-refractivity contribution >= 4 is 21.8 Å². The predicted molar refractivity (Wildman–Crippen MR) is 82.3 cm³/mol. The molecule has 1 aliphatic rings. The summed E-state index contributed by atoms with van der Waals surface area (Å²) in [5.74, 6) is 1.51. The molecule has 0 aliphatic heterocycles. The molecule has 0 heterocycles. The number of amides is 1. The molecule has 2 nitrogen and oxygen atoms in total. The molecule has 1 amide bonds. The molecule has 1 N–H and O–H groups in total. The van der Waals surface area contributed by atoms with E-state index in [2.05, 4.69) is 35.1 Å². The van der Waals surface area contributed by atoms with Gasteiger partial charge in [-0.05, 0) is 65.6 Å². The Morgan fingerprint density at radius 1 is 1.26 bits per heavy atom. The summed E-state index contributed by atoms with van der Waals surface area (Å²) >= 11 is 3.51. The minimum absolute atomic E-state index is 0.0438. The van der Waals surface area contributed by atoms with E-state index < -0.39 is 0 Å². The van der Waals surface area contributed by atoms with E-state index in [1.54, 1.807) is 0 Å². The number of hydrogen-bond acceptors (Lipinski definition) is 1. The van der Waals surface area contributed by atoms with Crippen LogP contribution in [-0.4, -0.2) is 11.9 Å². The second-order valence-electron chi connectivity index (χ2n) is 5.87. The van der Waals surface area contributed by atoms with Crippen molar-refractivity contribution in [1.82, 2.24) is 5.32 Å². The molecule has 3 unspecified atom stereocenters. The Kier molecular flexibility index (Phi) is 4.67. The highest BCUT2D eigenvalue weighted by molar-refractivity contribution is 9.10. The molecule has 1 aliphatic carbocycles. The molecule has 1 fully saturated rings. The van der Waals surface area contributed by atoms with Gasteiger partial charge in [0.05, 0.1) is 5.56 Å². The Morgan fingerprint density at radius 2 is 2.00 bits per heavy atom. The largest absolute Gasteiger partial charge is 0.349 e. The fraction of sp³-hybridized carbons (Fsp3) is 0.562. The van der Waals surface area contributed by atoms with Gasteiger partial charge in [0, 0.05) is 10.5 Å². The van der Waals surface area contributed by atoms with E-state index in [-0.39, 0.29) is 5.91 Å². The topological polar surface area (TPSA) is 29.1 Å². The first-order valence-electron chi connectivity index (χ1n) is 7.05. The molecule has 2 rings (SSSR count). The van der Waals surface area contributed by atoms with Gasteiger partial charge in [-0.25, -0.2) is 0 Å². The summed E-state index contributed by atoms with van der Waals surface area (Å²) in [6, 6.07) is 6.14. The van der Waals surface area contributed by atoms with Crippen LogP contribution in [0.5, 0.6) is 0 Å². The van der Waals surface area contributed by atoms with E-state index in [1.165, 1.54) is 6.42 Å².